The van der Waals surface area contributed by atoms with Gasteiger partial charge in [-0.1, -0.05) is 65.2 Å². The van der Waals surface area contributed by atoms with E-state index in [1.54, 1.807) is 0 Å². The van der Waals surface area contributed by atoms with Crippen LogP contribution in [0.1, 0.15) is 110 Å². The molecule has 23 heavy (non-hydrogen) atoms. The fourth-order valence-electron chi connectivity index (χ4n) is 5.31. The van der Waals surface area contributed by atoms with E-state index in [9.17, 15) is 0 Å². The molecule has 0 radical (unpaired) electrons. The fraction of sp³-hybridized carbons (Fsp3) is 1.00. The van der Waals surface area contributed by atoms with Gasteiger partial charge in [-0.3, -0.25) is 0 Å². The molecule has 3 fully saturated rings. The summed E-state index contributed by atoms with van der Waals surface area (Å²) in [5, 5.41) is 0. The topological polar surface area (TPSA) is 18.5 Å². The normalized spacial score (nSPS) is 31.6. The first-order valence-electron chi connectivity index (χ1n) is 10.6. The number of unbranched alkanes of at least 4 members (excludes halogenated alkanes) is 4. The molecule has 0 amide bonds. The van der Waals surface area contributed by atoms with E-state index in [1.807, 2.05) is 0 Å². The molecule has 0 bridgehead atoms. The summed E-state index contributed by atoms with van der Waals surface area (Å²) in [6, 6.07) is 0. The van der Waals surface area contributed by atoms with E-state index in [4.69, 9.17) is 9.47 Å². The van der Waals surface area contributed by atoms with Gasteiger partial charge in [0.05, 0.1) is 11.2 Å². The molecule has 0 unspecified atom stereocenters. The van der Waals surface area contributed by atoms with Crippen molar-refractivity contribution in [1.82, 2.24) is 0 Å². The van der Waals surface area contributed by atoms with Gasteiger partial charge in [-0.15, -0.1) is 0 Å². The third-order valence-corrected chi connectivity index (χ3v) is 6.71. The summed E-state index contributed by atoms with van der Waals surface area (Å²) in [4.78, 5) is 0. The first-order valence-corrected chi connectivity index (χ1v) is 10.6. The molecule has 134 valence electrons. The minimum atomic E-state index is 0.116. The van der Waals surface area contributed by atoms with Crippen LogP contribution < -0.4 is 0 Å². The van der Waals surface area contributed by atoms with Crippen LogP contribution in [0.15, 0.2) is 0 Å². The van der Waals surface area contributed by atoms with Crippen LogP contribution in [0.4, 0.5) is 0 Å². The van der Waals surface area contributed by atoms with Crippen LogP contribution in [0.25, 0.3) is 0 Å². The smallest absolute Gasteiger partial charge is 0.161 e. The van der Waals surface area contributed by atoms with E-state index in [-0.39, 0.29) is 17.5 Å². The maximum atomic E-state index is 6.76. The average Bonchev–Trinajstić information content (AvgIpc) is 3.14. The molecule has 2 atom stereocenters. The van der Waals surface area contributed by atoms with Crippen LogP contribution in [-0.2, 0) is 9.47 Å². The minimum absolute atomic E-state index is 0.116. The fourth-order valence-corrected chi connectivity index (χ4v) is 5.31. The highest BCUT2D eigenvalue weighted by atomic mass is 16.7. The van der Waals surface area contributed by atoms with E-state index in [0.717, 1.165) is 0 Å². The Hall–Kier alpha value is -0.0800. The lowest BCUT2D eigenvalue weighted by Gasteiger charge is -2.43. The zero-order valence-electron chi connectivity index (χ0n) is 15.6. The molecule has 2 aliphatic heterocycles. The summed E-state index contributed by atoms with van der Waals surface area (Å²) in [6.45, 7) is 4.59. The molecule has 3 aliphatic rings. The molecule has 1 spiro atoms. The van der Waals surface area contributed by atoms with Gasteiger partial charge in [-0.25, -0.2) is 0 Å². The Bertz CT molecular complexity index is 349. The molecule has 2 nitrogen and oxygen atoms in total. The lowest BCUT2D eigenvalue weighted by molar-refractivity contribution is -0.258. The Labute approximate surface area is 143 Å². The van der Waals surface area contributed by atoms with Gasteiger partial charge in [0.25, 0.3) is 0 Å². The monoisotopic (exact) mass is 322 g/mol. The van der Waals surface area contributed by atoms with Gasteiger partial charge in [0.1, 0.15) is 0 Å². The van der Waals surface area contributed by atoms with Crippen molar-refractivity contribution in [2.45, 2.75) is 128 Å². The lowest BCUT2D eigenvalue weighted by Crippen LogP contribution is -2.44. The maximum Gasteiger partial charge on any atom is 0.161 e. The summed E-state index contributed by atoms with van der Waals surface area (Å²) < 4.78 is 13.3. The summed E-state index contributed by atoms with van der Waals surface area (Å²) in [5.74, 6) is 0.679. The third-order valence-electron chi connectivity index (χ3n) is 6.71. The highest BCUT2D eigenvalue weighted by Gasteiger charge is 2.53. The van der Waals surface area contributed by atoms with Gasteiger partial charge in [0.2, 0.25) is 0 Å². The van der Waals surface area contributed by atoms with Gasteiger partial charge in [-0.2, -0.15) is 0 Å². The molecule has 2 saturated heterocycles. The van der Waals surface area contributed by atoms with Crippen molar-refractivity contribution in [1.29, 1.82) is 0 Å². The summed E-state index contributed by atoms with van der Waals surface area (Å²) in [7, 11) is 0. The molecule has 2 heteroatoms. The standard InChI is InChI=1S/C21H38O2/c1-3-5-7-12-20(13-8-6-4-2)16-11-18-17-21(14-9-10-15-21)23-19(18)22-20/h18-19H,3-17H2,1-2H3/t18-,19+/m1/s1. The number of hydrogen-bond acceptors (Lipinski definition) is 2. The van der Waals surface area contributed by atoms with Crippen molar-refractivity contribution in [3.8, 4) is 0 Å². The second-order valence-electron chi connectivity index (χ2n) is 8.59. The van der Waals surface area contributed by atoms with Crippen LogP contribution in [0, 0.1) is 5.92 Å². The highest BCUT2D eigenvalue weighted by Crippen LogP contribution is 2.52. The SMILES string of the molecule is CCCCCC1(CCCCC)CC[C@@H]2CC3(CCCC3)O[C@@H]2O1. The van der Waals surface area contributed by atoms with Crippen molar-refractivity contribution in [3.63, 3.8) is 0 Å². The second-order valence-corrected chi connectivity index (χ2v) is 8.59. The molecule has 1 aliphatic carbocycles. The van der Waals surface area contributed by atoms with Crippen molar-refractivity contribution >= 4 is 0 Å². The van der Waals surface area contributed by atoms with Crippen molar-refractivity contribution in [2.24, 2.45) is 5.92 Å². The van der Waals surface area contributed by atoms with Crippen LogP contribution in [0.3, 0.4) is 0 Å². The Morgan fingerprint density at radius 1 is 0.826 bits per heavy atom. The summed E-state index contributed by atoms with van der Waals surface area (Å²) >= 11 is 0. The Morgan fingerprint density at radius 3 is 2.09 bits per heavy atom. The molecule has 0 N–H and O–H groups in total. The maximum absolute atomic E-state index is 6.76. The van der Waals surface area contributed by atoms with Crippen molar-refractivity contribution < 1.29 is 9.47 Å². The summed E-state index contributed by atoms with van der Waals surface area (Å²) in [6.07, 6.45) is 19.7. The highest BCUT2D eigenvalue weighted by molar-refractivity contribution is 4.99. The molecule has 0 aromatic carbocycles. The van der Waals surface area contributed by atoms with E-state index >= 15 is 0 Å². The van der Waals surface area contributed by atoms with Crippen LogP contribution in [-0.4, -0.2) is 17.5 Å². The number of ether oxygens (including phenoxy) is 2. The first-order chi connectivity index (χ1) is 11.2. The predicted octanol–water partition coefficient (Wildman–Crippen LogP) is 6.37. The summed E-state index contributed by atoms with van der Waals surface area (Å²) in [5.41, 5.74) is 0.341. The zero-order valence-corrected chi connectivity index (χ0v) is 15.6. The zero-order chi connectivity index (χ0) is 16.2. The Balaban J connectivity index is 1.61. The quantitative estimate of drug-likeness (QED) is 0.483. The second kappa shape index (κ2) is 7.87. The molecular formula is C21H38O2. The van der Waals surface area contributed by atoms with E-state index in [0.29, 0.717) is 5.92 Å². The van der Waals surface area contributed by atoms with Gasteiger partial charge >= 0.3 is 0 Å². The van der Waals surface area contributed by atoms with Gasteiger partial charge in [0.15, 0.2) is 6.29 Å². The average molecular weight is 323 g/mol. The molecule has 0 aromatic rings. The van der Waals surface area contributed by atoms with E-state index in [1.165, 1.54) is 96.3 Å². The van der Waals surface area contributed by atoms with Gasteiger partial charge in [0, 0.05) is 5.92 Å². The van der Waals surface area contributed by atoms with E-state index in [2.05, 4.69) is 13.8 Å². The van der Waals surface area contributed by atoms with Gasteiger partial charge < -0.3 is 9.47 Å². The lowest BCUT2D eigenvalue weighted by atomic mass is 9.79. The van der Waals surface area contributed by atoms with Crippen molar-refractivity contribution in [3.05, 3.63) is 0 Å². The van der Waals surface area contributed by atoms with E-state index < -0.39 is 0 Å². The molecule has 0 aromatic heterocycles. The number of hydrogen-bond donors (Lipinski definition) is 0. The molecule has 1 saturated carbocycles. The predicted molar refractivity (Wildman–Crippen MR) is 95.5 cm³/mol. The third kappa shape index (κ3) is 4.12. The number of rotatable bonds is 8. The van der Waals surface area contributed by atoms with Crippen LogP contribution in [0.5, 0.6) is 0 Å². The largest absolute Gasteiger partial charge is 0.346 e. The molecule has 3 rings (SSSR count). The number of fused-ring (bicyclic) bond motifs is 1. The minimum Gasteiger partial charge on any atom is -0.346 e. The van der Waals surface area contributed by atoms with Crippen LogP contribution in [0.2, 0.25) is 0 Å². The first kappa shape index (κ1) is 17.7. The Morgan fingerprint density at radius 2 is 1.48 bits per heavy atom. The van der Waals surface area contributed by atoms with Crippen molar-refractivity contribution in [2.75, 3.05) is 0 Å². The van der Waals surface area contributed by atoms with Gasteiger partial charge in [-0.05, 0) is 44.9 Å². The molecule has 2 heterocycles. The van der Waals surface area contributed by atoms with Crippen LogP contribution >= 0.6 is 0 Å². The molecular weight excluding hydrogens is 284 g/mol. The Kier molecular flexibility index (Phi) is 6.07.